The molecule has 2 aromatic rings. The summed E-state index contributed by atoms with van der Waals surface area (Å²) in [5.74, 6) is 1.66. The Morgan fingerprint density at radius 3 is 3.11 bits per heavy atom. The largest absolute Gasteiger partial charge is 0.454 e. The van der Waals surface area contributed by atoms with E-state index in [1.807, 2.05) is 29.1 Å². The molecule has 5 nitrogen and oxygen atoms in total. The van der Waals surface area contributed by atoms with Gasteiger partial charge in [-0.25, -0.2) is 0 Å². The predicted octanol–water partition coefficient (Wildman–Crippen LogP) is 1.96. The van der Waals surface area contributed by atoms with E-state index in [2.05, 4.69) is 23.4 Å². The summed E-state index contributed by atoms with van der Waals surface area (Å²) in [5, 5.41) is 7.64. The molecule has 0 spiro atoms. The molecule has 1 aliphatic heterocycles. The van der Waals surface area contributed by atoms with E-state index in [9.17, 15) is 0 Å². The van der Waals surface area contributed by atoms with E-state index >= 15 is 0 Å². The first-order valence-electron chi connectivity index (χ1n) is 6.43. The standard InChI is InChI=1S/C14H17N3O2/c1-11(15-6-8-17-7-2-5-16-17)12-3-4-13-14(9-12)19-10-18-13/h2-5,7,9,11,15H,6,8,10H2,1H3. The lowest BCUT2D eigenvalue weighted by Crippen LogP contribution is -2.23. The van der Waals surface area contributed by atoms with Crippen LogP contribution in [0.25, 0.3) is 0 Å². The summed E-state index contributed by atoms with van der Waals surface area (Å²) in [5.41, 5.74) is 1.20. The summed E-state index contributed by atoms with van der Waals surface area (Å²) in [7, 11) is 0. The Bertz CT molecular complexity index is 540. The van der Waals surface area contributed by atoms with Crippen LogP contribution in [0.5, 0.6) is 11.5 Å². The molecule has 100 valence electrons. The summed E-state index contributed by atoms with van der Waals surface area (Å²) in [6.07, 6.45) is 3.76. The van der Waals surface area contributed by atoms with Crippen LogP contribution in [0.4, 0.5) is 0 Å². The van der Waals surface area contributed by atoms with Gasteiger partial charge < -0.3 is 14.8 Å². The quantitative estimate of drug-likeness (QED) is 0.891. The average molecular weight is 259 g/mol. The SMILES string of the molecule is CC(NCCn1cccn1)c1ccc2c(c1)OCO2. The Kier molecular flexibility index (Phi) is 3.37. The topological polar surface area (TPSA) is 48.3 Å². The van der Waals surface area contributed by atoms with Crippen LogP contribution in [-0.2, 0) is 6.54 Å². The van der Waals surface area contributed by atoms with Gasteiger partial charge in [0.15, 0.2) is 11.5 Å². The molecule has 1 N–H and O–H groups in total. The van der Waals surface area contributed by atoms with Crippen LogP contribution < -0.4 is 14.8 Å². The minimum Gasteiger partial charge on any atom is -0.454 e. The molecule has 0 amide bonds. The van der Waals surface area contributed by atoms with Crippen molar-refractivity contribution in [1.82, 2.24) is 15.1 Å². The first kappa shape index (κ1) is 12.0. The fourth-order valence-corrected chi connectivity index (χ4v) is 2.13. The first-order valence-corrected chi connectivity index (χ1v) is 6.43. The lowest BCUT2D eigenvalue weighted by molar-refractivity contribution is 0.174. The highest BCUT2D eigenvalue weighted by atomic mass is 16.7. The van der Waals surface area contributed by atoms with Crippen molar-refractivity contribution in [1.29, 1.82) is 0 Å². The lowest BCUT2D eigenvalue weighted by atomic mass is 10.1. The van der Waals surface area contributed by atoms with Crippen molar-refractivity contribution >= 4 is 0 Å². The smallest absolute Gasteiger partial charge is 0.231 e. The van der Waals surface area contributed by atoms with E-state index < -0.39 is 0 Å². The van der Waals surface area contributed by atoms with Crippen LogP contribution in [0.15, 0.2) is 36.7 Å². The first-order chi connectivity index (χ1) is 9.33. The van der Waals surface area contributed by atoms with Crippen molar-refractivity contribution < 1.29 is 9.47 Å². The number of rotatable bonds is 5. The van der Waals surface area contributed by atoms with Crippen LogP contribution >= 0.6 is 0 Å². The van der Waals surface area contributed by atoms with Crippen LogP contribution in [0.1, 0.15) is 18.5 Å². The fourth-order valence-electron chi connectivity index (χ4n) is 2.13. The van der Waals surface area contributed by atoms with Crippen molar-refractivity contribution in [3.05, 3.63) is 42.2 Å². The Labute approximate surface area is 112 Å². The Morgan fingerprint density at radius 2 is 2.26 bits per heavy atom. The van der Waals surface area contributed by atoms with E-state index in [-0.39, 0.29) is 6.04 Å². The van der Waals surface area contributed by atoms with Gasteiger partial charge in [-0.2, -0.15) is 5.10 Å². The molecule has 1 unspecified atom stereocenters. The molecule has 5 heteroatoms. The maximum atomic E-state index is 5.39. The predicted molar refractivity (Wildman–Crippen MR) is 71.2 cm³/mol. The summed E-state index contributed by atoms with van der Waals surface area (Å²) >= 11 is 0. The lowest BCUT2D eigenvalue weighted by Gasteiger charge is -2.14. The average Bonchev–Trinajstić information content (AvgIpc) is 3.08. The van der Waals surface area contributed by atoms with Crippen LogP contribution in [0, 0.1) is 0 Å². The summed E-state index contributed by atoms with van der Waals surface area (Å²) in [6, 6.07) is 8.27. The van der Waals surface area contributed by atoms with Gasteiger partial charge in [-0.1, -0.05) is 6.07 Å². The molecule has 1 atom stereocenters. The third-order valence-electron chi connectivity index (χ3n) is 3.25. The number of aromatic nitrogens is 2. The van der Waals surface area contributed by atoms with E-state index in [4.69, 9.17) is 9.47 Å². The number of nitrogens with one attached hydrogen (secondary N) is 1. The van der Waals surface area contributed by atoms with Crippen molar-refractivity contribution in [3.8, 4) is 11.5 Å². The van der Waals surface area contributed by atoms with Crippen molar-refractivity contribution in [2.24, 2.45) is 0 Å². The summed E-state index contributed by atoms with van der Waals surface area (Å²) in [4.78, 5) is 0. The second-order valence-electron chi connectivity index (χ2n) is 4.56. The van der Waals surface area contributed by atoms with E-state index in [1.165, 1.54) is 5.56 Å². The number of hydrogen-bond acceptors (Lipinski definition) is 4. The number of ether oxygens (including phenoxy) is 2. The zero-order valence-electron chi connectivity index (χ0n) is 10.9. The molecule has 1 aromatic carbocycles. The number of hydrogen-bond donors (Lipinski definition) is 1. The van der Waals surface area contributed by atoms with E-state index in [1.54, 1.807) is 6.20 Å². The number of nitrogens with zero attached hydrogens (tertiary/aromatic N) is 2. The highest BCUT2D eigenvalue weighted by Crippen LogP contribution is 2.33. The molecule has 19 heavy (non-hydrogen) atoms. The zero-order chi connectivity index (χ0) is 13.1. The zero-order valence-corrected chi connectivity index (χ0v) is 10.9. The molecule has 0 saturated carbocycles. The Morgan fingerprint density at radius 1 is 1.37 bits per heavy atom. The van der Waals surface area contributed by atoms with Crippen LogP contribution in [0.2, 0.25) is 0 Å². The highest BCUT2D eigenvalue weighted by Gasteiger charge is 2.15. The molecule has 1 aromatic heterocycles. The van der Waals surface area contributed by atoms with Crippen LogP contribution in [-0.4, -0.2) is 23.1 Å². The van der Waals surface area contributed by atoms with Crippen LogP contribution in [0.3, 0.4) is 0 Å². The molecule has 2 heterocycles. The Balaban J connectivity index is 1.56. The number of benzene rings is 1. The van der Waals surface area contributed by atoms with Gasteiger partial charge in [0.2, 0.25) is 6.79 Å². The van der Waals surface area contributed by atoms with Gasteiger partial charge in [0.25, 0.3) is 0 Å². The molecular weight excluding hydrogens is 242 g/mol. The minimum absolute atomic E-state index is 0.269. The highest BCUT2D eigenvalue weighted by molar-refractivity contribution is 5.45. The molecule has 0 fully saturated rings. The number of fused-ring (bicyclic) bond motifs is 1. The van der Waals surface area contributed by atoms with Crippen molar-refractivity contribution in [3.63, 3.8) is 0 Å². The maximum Gasteiger partial charge on any atom is 0.231 e. The summed E-state index contributed by atoms with van der Waals surface area (Å²) in [6.45, 7) is 4.19. The van der Waals surface area contributed by atoms with Gasteiger partial charge in [-0.15, -0.1) is 0 Å². The van der Waals surface area contributed by atoms with Gasteiger partial charge in [-0.05, 0) is 30.7 Å². The fraction of sp³-hybridized carbons (Fsp3) is 0.357. The van der Waals surface area contributed by atoms with Gasteiger partial charge in [0.1, 0.15) is 0 Å². The van der Waals surface area contributed by atoms with E-state index in [0.717, 1.165) is 24.6 Å². The molecule has 0 aliphatic carbocycles. The third-order valence-corrected chi connectivity index (χ3v) is 3.25. The second kappa shape index (κ2) is 5.32. The third kappa shape index (κ3) is 2.71. The van der Waals surface area contributed by atoms with Gasteiger partial charge >= 0.3 is 0 Å². The Hall–Kier alpha value is -2.01. The molecule has 0 radical (unpaired) electrons. The van der Waals surface area contributed by atoms with E-state index in [0.29, 0.717) is 6.79 Å². The summed E-state index contributed by atoms with van der Waals surface area (Å²) < 4.78 is 12.6. The molecule has 1 aliphatic rings. The van der Waals surface area contributed by atoms with Gasteiger partial charge in [0, 0.05) is 25.0 Å². The van der Waals surface area contributed by atoms with Gasteiger partial charge in [0.05, 0.1) is 6.54 Å². The molecule has 3 rings (SSSR count). The monoisotopic (exact) mass is 259 g/mol. The molecule has 0 bridgehead atoms. The molecule has 0 saturated heterocycles. The van der Waals surface area contributed by atoms with Crippen molar-refractivity contribution in [2.45, 2.75) is 19.5 Å². The minimum atomic E-state index is 0.269. The molecular formula is C14H17N3O2. The van der Waals surface area contributed by atoms with Crippen molar-refractivity contribution in [2.75, 3.05) is 13.3 Å². The normalized spacial score (nSPS) is 14.6. The second-order valence-corrected chi connectivity index (χ2v) is 4.56. The maximum absolute atomic E-state index is 5.39. The van der Waals surface area contributed by atoms with Gasteiger partial charge in [-0.3, -0.25) is 4.68 Å².